The monoisotopic (exact) mass is 428 g/mol. The van der Waals surface area contributed by atoms with Crippen LogP contribution >= 0.6 is 0 Å². The molecule has 6 heteroatoms. The van der Waals surface area contributed by atoms with Gasteiger partial charge in [-0.05, 0) is 60.5 Å². The maximum absolute atomic E-state index is 13.3. The minimum absolute atomic E-state index is 0.0649. The molecule has 0 unspecified atom stereocenters. The topological polar surface area (TPSA) is 68.2 Å². The molecule has 160 valence electrons. The SMILES string of the molecule is CCc1ccc2c(c1)c(=O)c(C(=O)c1ccc(F)cc1)cn2CC(=O)Nc1ccccc1. The molecule has 1 heterocycles. The first kappa shape index (κ1) is 21.2. The average molecular weight is 428 g/mol. The molecule has 1 aromatic heterocycles. The van der Waals surface area contributed by atoms with Crippen molar-refractivity contribution in [2.24, 2.45) is 0 Å². The number of nitrogens with one attached hydrogen (secondary N) is 1. The second-order valence-corrected chi connectivity index (χ2v) is 7.46. The Hall–Kier alpha value is -4.06. The summed E-state index contributed by atoms with van der Waals surface area (Å²) in [5.41, 5.74) is 1.88. The number of para-hydroxylation sites is 1. The molecule has 0 bridgehead atoms. The number of carbonyl (C=O) groups is 2. The van der Waals surface area contributed by atoms with Gasteiger partial charge in [-0.1, -0.05) is 31.2 Å². The molecule has 1 N–H and O–H groups in total. The van der Waals surface area contributed by atoms with Gasteiger partial charge in [0.1, 0.15) is 12.4 Å². The molecule has 0 aliphatic carbocycles. The molecule has 0 saturated carbocycles. The molecule has 0 radical (unpaired) electrons. The summed E-state index contributed by atoms with van der Waals surface area (Å²) in [4.78, 5) is 39.0. The van der Waals surface area contributed by atoms with Crippen LogP contribution < -0.4 is 10.7 Å². The van der Waals surface area contributed by atoms with Gasteiger partial charge in [-0.15, -0.1) is 0 Å². The highest BCUT2D eigenvalue weighted by Gasteiger charge is 2.18. The zero-order valence-electron chi connectivity index (χ0n) is 17.5. The predicted octanol–water partition coefficient (Wildman–Crippen LogP) is 4.57. The molecule has 0 fully saturated rings. The standard InChI is InChI=1S/C26H21FN2O3/c1-2-17-8-13-23-21(14-17)26(32)22(25(31)18-9-11-19(27)12-10-18)15-29(23)16-24(30)28-20-6-4-3-5-7-20/h3-15H,2,16H2,1H3,(H,28,30). The lowest BCUT2D eigenvalue weighted by Crippen LogP contribution is -2.24. The van der Waals surface area contributed by atoms with Crippen molar-refractivity contribution in [2.45, 2.75) is 19.9 Å². The van der Waals surface area contributed by atoms with Gasteiger partial charge >= 0.3 is 0 Å². The summed E-state index contributed by atoms with van der Waals surface area (Å²) in [6.07, 6.45) is 2.13. The number of rotatable bonds is 6. The van der Waals surface area contributed by atoms with Gasteiger partial charge in [-0.3, -0.25) is 14.4 Å². The van der Waals surface area contributed by atoms with Crippen LogP contribution in [-0.4, -0.2) is 16.3 Å². The average Bonchev–Trinajstić information content (AvgIpc) is 2.81. The smallest absolute Gasteiger partial charge is 0.244 e. The third kappa shape index (κ3) is 4.34. The normalized spacial score (nSPS) is 10.8. The number of fused-ring (bicyclic) bond motifs is 1. The van der Waals surface area contributed by atoms with Crippen molar-refractivity contribution >= 4 is 28.3 Å². The van der Waals surface area contributed by atoms with Gasteiger partial charge in [0, 0.05) is 22.8 Å². The second-order valence-electron chi connectivity index (χ2n) is 7.46. The maximum Gasteiger partial charge on any atom is 0.244 e. The highest BCUT2D eigenvalue weighted by atomic mass is 19.1. The van der Waals surface area contributed by atoms with Crippen molar-refractivity contribution in [3.63, 3.8) is 0 Å². The number of aryl methyl sites for hydroxylation is 1. The maximum atomic E-state index is 13.3. The van der Waals surface area contributed by atoms with E-state index in [-0.39, 0.29) is 23.6 Å². The summed E-state index contributed by atoms with van der Waals surface area (Å²) in [7, 11) is 0. The van der Waals surface area contributed by atoms with Crippen LogP contribution in [0.15, 0.2) is 83.8 Å². The summed E-state index contributed by atoms with van der Waals surface area (Å²) in [5.74, 6) is -1.28. The van der Waals surface area contributed by atoms with E-state index in [2.05, 4.69) is 5.32 Å². The molecule has 1 amide bonds. The van der Waals surface area contributed by atoms with Crippen LogP contribution in [0.3, 0.4) is 0 Å². The van der Waals surface area contributed by atoms with E-state index in [1.807, 2.05) is 31.2 Å². The minimum atomic E-state index is -0.518. The number of aromatic nitrogens is 1. The fourth-order valence-corrected chi connectivity index (χ4v) is 3.59. The van der Waals surface area contributed by atoms with Crippen molar-refractivity contribution in [3.05, 3.63) is 112 Å². The van der Waals surface area contributed by atoms with E-state index in [9.17, 15) is 18.8 Å². The number of anilines is 1. The van der Waals surface area contributed by atoms with E-state index in [0.717, 1.165) is 12.0 Å². The second kappa shape index (κ2) is 8.98. The Morgan fingerprint density at radius 1 is 0.969 bits per heavy atom. The Balaban J connectivity index is 1.79. The predicted molar refractivity (Wildman–Crippen MR) is 122 cm³/mol. The molecule has 0 spiro atoms. The van der Waals surface area contributed by atoms with E-state index in [1.54, 1.807) is 28.8 Å². The van der Waals surface area contributed by atoms with Gasteiger partial charge in [0.25, 0.3) is 0 Å². The largest absolute Gasteiger partial charge is 0.337 e. The number of nitrogens with zero attached hydrogens (tertiary/aromatic N) is 1. The van der Waals surface area contributed by atoms with Gasteiger partial charge in [0.2, 0.25) is 11.3 Å². The van der Waals surface area contributed by atoms with Gasteiger partial charge < -0.3 is 9.88 Å². The Morgan fingerprint density at radius 3 is 2.38 bits per heavy atom. The van der Waals surface area contributed by atoms with E-state index in [4.69, 9.17) is 0 Å². The Bertz CT molecular complexity index is 1360. The Morgan fingerprint density at radius 2 is 1.69 bits per heavy atom. The molecule has 4 rings (SSSR count). The molecule has 0 aliphatic rings. The summed E-state index contributed by atoms with van der Waals surface area (Å²) in [6, 6.07) is 19.5. The summed E-state index contributed by atoms with van der Waals surface area (Å²) >= 11 is 0. The van der Waals surface area contributed by atoms with E-state index in [0.29, 0.717) is 16.6 Å². The Labute approximate surface area is 184 Å². The zero-order valence-corrected chi connectivity index (χ0v) is 17.5. The molecule has 0 saturated heterocycles. The molecule has 5 nitrogen and oxygen atoms in total. The molecule has 0 atom stereocenters. The Kier molecular flexibility index (Phi) is 5.94. The van der Waals surface area contributed by atoms with Crippen LogP contribution in [0.25, 0.3) is 10.9 Å². The van der Waals surface area contributed by atoms with Crippen LogP contribution in [0.1, 0.15) is 28.4 Å². The fourth-order valence-electron chi connectivity index (χ4n) is 3.59. The van der Waals surface area contributed by atoms with Gasteiger partial charge in [0.15, 0.2) is 5.78 Å². The number of carbonyl (C=O) groups excluding carboxylic acids is 2. The van der Waals surface area contributed by atoms with Crippen molar-refractivity contribution in [2.75, 3.05) is 5.32 Å². The molecule has 3 aromatic carbocycles. The summed E-state index contributed by atoms with van der Waals surface area (Å²) < 4.78 is 14.9. The number of halogens is 1. The lowest BCUT2D eigenvalue weighted by molar-refractivity contribution is -0.116. The van der Waals surface area contributed by atoms with Crippen molar-refractivity contribution in [1.82, 2.24) is 4.57 Å². The molecule has 4 aromatic rings. The van der Waals surface area contributed by atoms with Gasteiger partial charge in [-0.2, -0.15) is 0 Å². The number of hydrogen-bond acceptors (Lipinski definition) is 3. The van der Waals surface area contributed by atoms with Crippen molar-refractivity contribution in [1.29, 1.82) is 0 Å². The number of pyridine rings is 1. The van der Waals surface area contributed by atoms with Crippen LogP contribution in [0.2, 0.25) is 0 Å². The number of benzene rings is 3. The van der Waals surface area contributed by atoms with Crippen LogP contribution in [0, 0.1) is 5.82 Å². The third-order valence-corrected chi connectivity index (χ3v) is 5.28. The lowest BCUT2D eigenvalue weighted by Gasteiger charge is -2.14. The highest BCUT2D eigenvalue weighted by Crippen LogP contribution is 2.18. The van der Waals surface area contributed by atoms with Crippen LogP contribution in [-0.2, 0) is 17.8 Å². The van der Waals surface area contributed by atoms with E-state index in [1.165, 1.54) is 30.5 Å². The van der Waals surface area contributed by atoms with E-state index < -0.39 is 17.0 Å². The zero-order chi connectivity index (χ0) is 22.7. The van der Waals surface area contributed by atoms with Gasteiger partial charge in [0.05, 0.1) is 11.1 Å². The first-order valence-corrected chi connectivity index (χ1v) is 10.3. The fraction of sp³-hybridized carbons (Fsp3) is 0.115. The van der Waals surface area contributed by atoms with E-state index >= 15 is 0 Å². The summed E-state index contributed by atoms with van der Waals surface area (Å²) in [5, 5.41) is 3.18. The number of hydrogen-bond donors (Lipinski definition) is 1. The minimum Gasteiger partial charge on any atom is -0.337 e. The third-order valence-electron chi connectivity index (χ3n) is 5.28. The van der Waals surface area contributed by atoms with Gasteiger partial charge in [-0.25, -0.2) is 4.39 Å². The van der Waals surface area contributed by atoms with Crippen molar-refractivity contribution in [3.8, 4) is 0 Å². The highest BCUT2D eigenvalue weighted by molar-refractivity contribution is 6.10. The lowest BCUT2D eigenvalue weighted by atomic mass is 10.0. The molecule has 32 heavy (non-hydrogen) atoms. The molecular formula is C26H21FN2O3. The van der Waals surface area contributed by atoms with Crippen LogP contribution in [0.5, 0.6) is 0 Å². The van der Waals surface area contributed by atoms with Crippen LogP contribution in [0.4, 0.5) is 10.1 Å². The molecular weight excluding hydrogens is 407 g/mol. The quantitative estimate of drug-likeness (QED) is 0.458. The number of amides is 1. The first-order valence-electron chi connectivity index (χ1n) is 10.3. The summed E-state index contributed by atoms with van der Waals surface area (Å²) in [6.45, 7) is 1.89. The number of ketones is 1. The molecule has 0 aliphatic heterocycles. The first-order chi connectivity index (χ1) is 15.5. The van der Waals surface area contributed by atoms with Crippen molar-refractivity contribution < 1.29 is 14.0 Å².